The van der Waals surface area contributed by atoms with Gasteiger partial charge in [-0.1, -0.05) is 18.2 Å². The minimum atomic E-state index is -0.109. The highest BCUT2D eigenvalue weighted by Gasteiger charge is 2.08. The van der Waals surface area contributed by atoms with E-state index in [-0.39, 0.29) is 6.04 Å². The predicted molar refractivity (Wildman–Crippen MR) is 50.9 cm³/mol. The lowest BCUT2D eigenvalue weighted by molar-refractivity contribution is 0.131. The van der Waals surface area contributed by atoms with Gasteiger partial charge in [-0.3, -0.25) is 0 Å². The van der Waals surface area contributed by atoms with Gasteiger partial charge in [-0.15, -0.1) is 0 Å². The molecule has 0 heterocycles. The fourth-order valence-electron chi connectivity index (χ4n) is 1.19. The first-order valence-electron chi connectivity index (χ1n) is 4.41. The Bertz CT molecular complexity index is 263. The van der Waals surface area contributed by atoms with Crippen LogP contribution in [0.25, 0.3) is 0 Å². The molecule has 0 radical (unpaired) electrons. The summed E-state index contributed by atoms with van der Waals surface area (Å²) < 4.78 is 5.41. The topological polar surface area (TPSA) is 41.5 Å². The molecule has 1 unspecified atom stereocenters. The van der Waals surface area contributed by atoms with Gasteiger partial charge in [-0.25, -0.2) is 0 Å². The molecule has 3 heteroatoms. The van der Waals surface area contributed by atoms with E-state index in [2.05, 4.69) is 5.48 Å². The maximum Gasteiger partial charge on any atom is 0.124 e. The first-order chi connectivity index (χ1) is 6.29. The molecule has 0 amide bonds. The van der Waals surface area contributed by atoms with Crippen molar-refractivity contribution in [3.05, 3.63) is 29.8 Å². The maximum atomic E-state index is 8.78. The summed E-state index contributed by atoms with van der Waals surface area (Å²) in [6.07, 6.45) is 0. The average molecular weight is 181 g/mol. The standard InChI is InChI=1S/C10H15NO2/c1-3-13-10-7-5-4-6-9(10)8(2)11-12/h4-8,11-12H,3H2,1-2H3. The number of para-hydroxylation sites is 1. The van der Waals surface area contributed by atoms with Crippen LogP contribution in [0.4, 0.5) is 0 Å². The minimum absolute atomic E-state index is 0.109. The van der Waals surface area contributed by atoms with Crippen LogP contribution in [0.15, 0.2) is 24.3 Å². The van der Waals surface area contributed by atoms with Crippen molar-refractivity contribution < 1.29 is 9.94 Å². The fourth-order valence-corrected chi connectivity index (χ4v) is 1.19. The quantitative estimate of drug-likeness (QED) is 0.699. The number of nitrogens with one attached hydrogen (secondary N) is 1. The van der Waals surface area contributed by atoms with Crippen LogP contribution in [0.2, 0.25) is 0 Å². The first-order valence-corrected chi connectivity index (χ1v) is 4.41. The molecule has 1 aromatic rings. The summed E-state index contributed by atoms with van der Waals surface area (Å²) in [5.41, 5.74) is 3.16. The number of rotatable bonds is 4. The summed E-state index contributed by atoms with van der Waals surface area (Å²) in [7, 11) is 0. The van der Waals surface area contributed by atoms with Crippen LogP contribution in [0.5, 0.6) is 5.75 Å². The molecular weight excluding hydrogens is 166 g/mol. The van der Waals surface area contributed by atoms with Gasteiger partial charge in [-0.05, 0) is 19.9 Å². The van der Waals surface area contributed by atoms with E-state index in [1.807, 2.05) is 38.1 Å². The monoisotopic (exact) mass is 181 g/mol. The Labute approximate surface area is 78.3 Å². The van der Waals surface area contributed by atoms with E-state index in [1.54, 1.807) is 0 Å². The second kappa shape index (κ2) is 4.84. The Morgan fingerprint density at radius 3 is 2.77 bits per heavy atom. The highest BCUT2D eigenvalue weighted by molar-refractivity contribution is 5.35. The van der Waals surface area contributed by atoms with Crippen LogP contribution >= 0.6 is 0 Å². The van der Waals surface area contributed by atoms with E-state index in [0.717, 1.165) is 11.3 Å². The van der Waals surface area contributed by atoms with Gasteiger partial charge >= 0.3 is 0 Å². The second-order valence-corrected chi connectivity index (χ2v) is 2.82. The van der Waals surface area contributed by atoms with Crippen LogP contribution in [0.3, 0.4) is 0 Å². The molecule has 0 spiro atoms. The molecule has 2 N–H and O–H groups in total. The number of ether oxygens (including phenoxy) is 1. The third-order valence-electron chi connectivity index (χ3n) is 1.88. The molecule has 0 aliphatic heterocycles. The average Bonchev–Trinajstić information content (AvgIpc) is 2.18. The zero-order valence-corrected chi connectivity index (χ0v) is 7.95. The Morgan fingerprint density at radius 2 is 2.15 bits per heavy atom. The van der Waals surface area contributed by atoms with Gasteiger partial charge in [-0.2, -0.15) is 5.48 Å². The van der Waals surface area contributed by atoms with Gasteiger partial charge in [0.15, 0.2) is 0 Å². The Kier molecular flexibility index (Phi) is 3.73. The number of benzene rings is 1. The maximum absolute atomic E-state index is 8.78. The van der Waals surface area contributed by atoms with Gasteiger partial charge in [0.2, 0.25) is 0 Å². The molecule has 0 saturated carbocycles. The molecule has 0 bridgehead atoms. The third kappa shape index (κ3) is 2.44. The summed E-state index contributed by atoms with van der Waals surface area (Å²) in [5, 5.41) is 8.78. The van der Waals surface area contributed by atoms with Crippen molar-refractivity contribution in [1.29, 1.82) is 0 Å². The summed E-state index contributed by atoms with van der Waals surface area (Å²) in [6.45, 7) is 4.45. The molecule has 1 rings (SSSR count). The van der Waals surface area contributed by atoms with E-state index in [1.165, 1.54) is 0 Å². The Morgan fingerprint density at radius 1 is 1.46 bits per heavy atom. The third-order valence-corrected chi connectivity index (χ3v) is 1.88. The lowest BCUT2D eigenvalue weighted by Gasteiger charge is -2.14. The van der Waals surface area contributed by atoms with Crippen LogP contribution in [0.1, 0.15) is 25.5 Å². The van der Waals surface area contributed by atoms with Crippen molar-refractivity contribution in [3.63, 3.8) is 0 Å². The SMILES string of the molecule is CCOc1ccccc1C(C)NO. The van der Waals surface area contributed by atoms with Gasteiger partial charge in [0.05, 0.1) is 12.6 Å². The van der Waals surface area contributed by atoms with Crippen molar-refractivity contribution in [1.82, 2.24) is 5.48 Å². The van der Waals surface area contributed by atoms with Crippen LogP contribution < -0.4 is 10.2 Å². The van der Waals surface area contributed by atoms with Gasteiger partial charge in [0.1, 0.15) is 5.75 Å². The molecule has 3 nitrogen and oxygen atoms in total. The van der Waals surface area contributed by atoms with E-state index in [0.29, 0.717) is 6.61 Å². The van der Waals surface area contributed by atoms with E-state index in [4.69, 9.17) is 9.94 Å². The molecule has 1 aromatic carbocycles. The highest BCUT2D eigenvalue weighted by Crippen LogP contribution is 2.24. The molecule has 0 aromatic heterocycles. The van der Waals surface area contributed by atoms with Crippen molar-refractivity contribution in [2.24, 2.45) is 0 Å². The van der Waals surface area contributed by atoms with Gasteiger partial charge < -0.3 is 9.94 Å². The normalized spacial score (nSPS) is 12.5. The van der Waals surface area contributed by atoms with E-state index < -0.39 is 0 Å². The molecular formula is C10H15NO2. The fraction of sp³-hybridized carbons (Fsp3) is 0.400. The summed E-state index contributed by atoms with van der Waals surface area (Å²) in [5.74, 6) is 0.819. The second-order valence-electron chi connectivity index (χ2n) is 2.82. The lowest BCUT2D eigenvalue weighted by atomic mass is 10.1. The van der Waals surface area contributed by atoms with Crippen LogP contribution in [-0.2, 0) is 0 Å². The largest absolute Gasteiger partial charge is 0.494 e. The zero-order valence-electron chi connectivity index (χ0n) is 7.95. The number of hydrogen-bond acceptors (Lipinski definition) is 3. The van der Waals surface area contributed by atoms with Gasteiger partial charge in [0, 0.05) is 5.56 Å². The van der Waals surface area contributed by atoms with Crippen molar-refractivity contribution in [2.45, 2.75) is 19.9 Å². The van der Waals surface area contributed by atoms with Crippen LogP contribution in [-0.4, -0.2) is 11.8 Å². The summed E-state index contributed by atoms with van der Waals surface area (Å²) in [4.78, 5) is 0. The molecule has 1 atom stereocenters. The van der Waals surface area contributed by atoms with E-state index in [9.17, 15) is 0 Å². The molecule has 0 aliphatic rings. The van der Waals surface area contributed by atoms with Crippen LogP contribution in [0, 0.1) is 0 Å². The number of hydrogen-bond donors (Lipinski definition) is 2. The molecule has 72 valence electrons. The zero-order chi connectivity index (χ0) is 9.68. The van der Waals surface area contributed by atoms with E-state index >= 15 is 0 Å². The molecule has 0 saturated heterocycles. The Hall–Kier alpha value is -1.06. The number of hydroxylamine groups is 1. The smallest absolute Gasteiger partial charge is 0.124 e. The summed E-state index contributed by atoms with van der Waals surface area (Å²) in [6, 6.07) is 7.55. The van der Waals surface area contributed by atoms with Crippen molar-refractivity contribution in [2.75, 3.05) is 6.61 Å². The molecule has 0 aliphatic carbocycles. The Balaban J connectivity index is 2.90. The molecule has 13 heavy (non-hydrogen) atoms. The highest BCUT2D eigenvalue weighted by atomic mass is 16.5. The lowest BCUT2D eigenvalue weighted by Crippen LogP contribution is -2.14. The molecule has 0 fully saturated rings. The van der Waals surface area contributed by atoms with Crippen molar-refractivity contribution >= 4 is 0 Å². The predicted octanol–water partition coefficient (Wildman–Crippen LogP) is 2.13. The van der Waals surface area contributed by atoms with Gasteiger partial charge in [0.25, 0.3) is 0 Å². The minimum Gasteiger partial charge on any atom is -0.494 e. The van der Waals surface area contributed by atoms with Crippen molar-refractivity contribution in [3.8, 4) is 5.75 Å². The summed E-state index contributed by atoms with van der Waals surface area (Å²) >= 11 is 0. The first kappa shape index (κ1) is 10.0.